The van der Waals surface area contributed by atoms with Crippen molar-refractivity contribution >= 4 is 0 Å². The van der Waals surface area contributed by atoms with E-state index in [0.29, 0.717) is 17.5 Å². The predicted octanol–water partition coefficient (Wildman–Crippen LogP) is 2.22. The molecule has 7 heteroatoms. The molecule has 0 aliphatic carbocycles. The monoisotopic (exact) mass is 326 g/mol. The molecule has 0 aliphatic rings. The number of nitrogens with zero attached hydrogens (tertiary/aromatic N) is 3. The van der Waals surface area contributed by atoms with Crippen molar-refractivity contribution in [2.75, 3.05) is 0 Å². The molecule has 0 saturated carbocycles. The van der Waals surface area contributed by atoms with E-state index >= 15 is 0 Å². The molecular formula is C17H18N4O3. The zero-order valence-electron chi connectivity index (χ0n) is 14.0. The molecule has 1 N–H and O–H groups in total. The number of H-pyrrole nitrogens is 1. The van der Waals surface area contributed by atoms with Gasteiger partial charge >= 0.3 is 5.69 Å². The van der Waals surface area contributed by atoms with E-state index in [-0.39, 0.29) is 11.4 Å². The molecule has 0 saturated heterocycles. The van der Waals surface area contributed by atoms with Crippen LogP contribution in [0.5, 0.6) is 0 Å². The van der Waals surface area contributed by atoms with Gasteiger partial charge in [-0.05, 0) is 30.5 Å². The van der Waals surface area contributed by atoms with Gasteiger partial charge in [0.2, 0.25) is 5.82 Å². The average molecular weight is 326 g/mol. The smallest absolute Gasteiger partial charge is 0.328 e. The average Bonchev–Trinajstić information content (AvgIpc) is 3.02. The lowest BCUT2D eigenvalue weighted by atomic mass is 10.0. The first-order valence-electron chi connectivity index (χ1n) is 7.62. The standard InChI is InChI=1S/C17H18N4O3/c1-9(2)11-5-7-12(8-6-11)16-18-14(20-24-16)13-10(3)21(4)17(23)19-15(13)22/h5-9H,1-4H3,(H,19,22,23). The molecule has 2 aromatic heterocycles. The van der Waals surface area contributed by atoms with Gasteiger partial charge in [0, 0.05) is 18.3 Å². The number of hydrogen-bond donors (Lipinski definition) is 1. The molecule has 0 amide bonds. The second-order valence-electron chi connectivity index (χ2n) is 5.98. The highest BCUT2D eigenvalue weighted by Crippen LogP contribution is 2.23. The van der Waals surface area contributed by atoms with Crippen molar-refractivity contribution in [1.82, 2.24) is 19.7 Å². The van der Waals surface area contributed by atoms with Crippen molar-refractivity contribution in [3.63, 3.8) is 0 Å². The third kappa shape index (κ3) is 2.68. The molecule has 2 heterocycles. The van der Waals surface area contributed by atoms with Crippen LogP contribution in [0.3, 0.4) is 0 Å². The number of hydrogen-bond acceptors (Lipinski definition) is 5. The zero-order valence-corrected chi connectivity index (χ0v) is 14.0. The maximum Gasteiger partial charge on any atom is 0.328 e. The topological polar surface area (TPSA) is 93.8 Å². The molecule has 1 aromatic carbocycles. The summed E-state index contributed by atoms with van der Waals surface area (Å²) in [6.07, 6.45) is 0. The molecule has 0 fully saturated rings. The van der Waals surface area contributed by atoms with Gasteiger partial charge in [0.1, 0.15) is 5.56 Å². The van der Waals surface area contributed by atoms with Crippen LogP contribution in [0.25, 0.3) is 22.8 Å². The molecule has 0 bridgehead atoms. The van der Waals surface area contributed by atoms with Crippen LogP contribution in [0.15, 0.2) is 38.4 Å². The number of nitrogens with one attached hydrogen (secondary N) is 1. The number of aromatic nitrogens is 4. The van der Waals surface area contributed by atoms with E-state index in [9.17, 15) is 9.59 Å². The summed E-state index contributed by atoms with van der Waals surface area (Å²) in [6.45, 7) is 5.91. The SMILES string of the molecule is Cc1c(-c2noc(-c3ccc(C(C)C)cc3)n2)c(=O)[nH]c(=O)n1C. The summed E-state index contributed by atoms with van der Waals surface area (Å²) < 4.78 is 6.62. The zero-order chi connectivity index (χ0) is 17.4. The van der Waals surface area contributed by atoms with E-state index in [1.54, 1.807) is 14.0 Å². The number of benzene rings is 1. The van der Waals surface area contributed by atoms with Crippen molar-refractivity contribution in [1.29, 1.82) is 0 Å². The quantitative estimate of drug-likeness (QED) is 0.796. The molecule has 7 nitrogen and oxygen atoms in total. The molecule has 0 unspecified atom stereocenters. The van der Waals surface area contributed by atoms with Gasteiger partial charge in [0.25, 0.3) is 11.4 Å². The van der Waals surface area contributed by atoms with E-state index in [0.717, 1.165) is 5.56 Å². The van der Waals surface area contributed by atoms with Crippen LogP contribution in [-0.2, 0) is 7.05 Å². The molecule has 0 atom stereocenters. The third-order valence-electron chi connectivity index (χ3n) is 4.09. The van der Waals surface area contributed by atoms with Crippen molar-refractivity contribution in [2.45, 2.75) is 26.7 Å². The van der Waals surface area contributed by atoms with Gasteiger partial charge < -0.3 is 9.09 Å². The summed E-state index contributed by atoms with van der Waals surface area (Å²) in [7, 11) is 1.57. The van der Waals surface area contributed by atoms with Gasteiger partial charge in [0.05, 0.1) is 0 Å². The number of aromatic amines is 1. The molecule has 0 radical (unpaired) electrons. The highest BCUT2D eigenvalue weighted by Gasteiger charge is 2.18. The Hall–Kier alpha value is -2.96. The summed E-state index contributed by atoms with van der Waals surface area (Å²) in [5, 5.41) is 3.89. The van der Waals surface area contributed by atoms with Crippen LogP contribution >= 0.6 is 0 Å². The second-order valence-corrected chi connectivity index (χ2v) is 5.98. The molecule has 0 spiro atoms. The van der Waals surface area contributed by atoms with Gasteiger partial charge in [-0.15, -0.1) is 0 Å². The molecule has 3 rings (SSSR count). The maximum absolute atomic E-state index is 12.1. The lowest BCUT2D eigenvalue weighted by Crippen LogP contribution is -2.31. The van der Waals surface area contributed by atoms with Crippen molar-refractivity contribution < 1.29 is 4.52 Å². The normalized spacial score (nSPS) is 11.2. The predicted molar refractivity (Wildman–Crippen MR) is 89.9 cm³/mol. The Morgan fingerprint density at radius 1 is 1.17 bits per heavy atom. The molecule has 0 aliphatic heterocycles. The fourth-order valence-corrected chi connectivity index (χ4v) is 2.44. The van der Waals surface area contributed by atoms with Crippen molar-refractivity contribution in [2.24, 2.45) is 7.05 Å². The minimum absolute atomic E-state index is 0.160. The Kier molecular flexibility index (Phi) is 3.92. The highest BCUT2D eigenvalue weighted by atomic mass is 16.5. The van der Waals surface area contributed by atoms with Crippen LogP contribution < -0.4 is 11.2 Å². The summed E-state index contributed by atoms with van der Waals surface area (Å²) in [5.74, 6) is 0.921. The summed E-state index contributed by atoms with van der Waals surface area (Å²) in [5.41, 5.74) is 1.69. The Morgan fingerprint density at radius 2 is 1.83 bits per heavy atom. The Labute approximate surface area is 138 Å². The van der Waals surface area contributed by atoms with Gasteiger partial charge in [0.15, 0.2) is 0 Å². The van der Waals surface area contributed by atoms with Gasteiger partial charge in [-0.3, -0.25) is 9.78 Å². The third-order valence-corrected chi connectivity index (χ3v) is 4.09. The second kappa shape index (κ2) is 5.92. The largest absolute Gasteiger partial charge is 0.334 e. The molecule has 124 valence electrons. The van der Waals surface area contributed by atoms with E-state index < -0.39 is 11.2 Å². The van der Waals surface area contributed by atoms with Crippen molar-refractivity contribution in [3.05, 3.63) is 56.4 Å². The minimum Gasteiger partial charge on any atom is -0.334 e. The highest BCUT2D eigenvalue weighted by molar-refractivity contribution is 5.60. The van der Waals surface area contributed by atoms with Crippen LogP contribution in [0.1, 0.15) is 31.0 Å². The lowest BCUT2D eigenvalue weighted by Gasteiger charge is -2.05. The van der Waals surface area contributed by atoms with Gasteiger partial charge in [-0.2, -0.15) is 4.98 Å². The summed E-state index contributed by atoms with van der Waals surface area (Å²) in [4.78, 5) is 30.2. The Bertz CT molecular complexity index is 994. The summed E-state index contributed by atoms with van der Waals surface area (Å²) >= 11 is 0. The summed E-state index contributed by atoms with van der Waals surface area (Å²) in [6, 6.07) is 7.83. The maximum atomic E-state index is 12.1. The lowest BCUT2D eigenvalue weighted by molar-refractivity contribution is 0.432. The van der Waals surface area contributed by atoms with Crippen molar-refractivity contribution in [3.8, 4) is 22.8 Å². The van der Waals surface area contributed by atoms with Crippen LogP contribution in [-0.4, -0.2) is 19.7 Å². The Morgan fingerprint density at radius 3 is 2.46 bits per heavy atom. The number of rotatable bonds is 3. The van der Waals surface area contributed by atoms with Crippen LogP contribution in [0.4, 0.5) is 0 Å². The first-order valence-corrected chi connectivity index (χ1v) is 7.62. The van der Waals surface area contributed by atoms with Crippen LogP contribution in [0.2, 0.25) is 0 Å². The van der Waals surface area contributed by atoms with Gasteiger partial charge in [-0.1, -0.05) is 31.1 Å². The molecular weight excluding hydrogens is 308 g/mol. The molecule has 24 heavy (non-hydrogen) atoms. The minimum atomic E-state index is -0.530. The first kappa shape index (κ1) is 15.9. The fraction of sp³-hybridized carbons (Fsp3) is 0.294. The fourth-order valence-electron chi connectivity index (χ4n) is 2.44. The van der Waals surface area contributed by atoms with E-state index in [1.807, 2.05) is 24.3 Å². The van der Waals surface area contributed by atoms with Crippen LogP contribution in [0, 0.1) is 6.92 Å². The van der Waals surface area contributed by atoms with E-state index in [2.05, 4.69) is 29.0 Å². The van der Waals surface area contributed by atoms with E-state index in [1.165, 1.54) is 10.1 Å². The van der Waals surface area contributed by atoms with Gasteiger partial charge in [-0.25, -0.2) is 4.79 Å². The molecule has 3 aromatic rings. The first-order chi connectivity index (χ1) is 11.4. The Balaban J connectivity index is 2.04. The van der Waals surface area contributed by atoms with E-state index in [4.69, 9.17) is 4.52 Å².